The van der Waals surface area contributed by atoms with Crippen LogP contribution in [-0.4, -0.2) is 32.0 Å². The van der Waals surface area contributed by atoms with Gasteiger partial charge in [-0.1, -0.05) is 13.8 Å². The van der Waals surface area contributed by atoms with E-state index in [1.165, 1.54) is 6.07 Å². The smallest absolute Gasteiger partial charge is 0.240 e. The van der Waals surface area contributed by atoms with Crippen molar-refractivity contribution in [2.75, 3.05) is 23.7 Å². The average molecular weight is 301 g/mol. The molecule has 1 heterocycles. The Morgan fingerprint density at radius 1 is 1.26 bits per heavy atom. The molecule has 2 unspecified atom stereocenters. The second-order valence-corrected chi connectivity index (χ2v) is 8.35. The first-order valence-electron chi connectivity index (χ1n) is 6.10. The van der Waals surface area contributed by atoms with Gasteiger partial charge in [-0.15, -0.1) is 0 Å². The minimum Gasteiger partial charge on any atom is -0.399 e. The Balaban J connectivity index is 2.44. The highest BCUT2D eigenvalue weighted by Gasteiger charge is 2.26. The number of nitrogen functional groups attached to an aromatic ring is 1. The predicted molar refractivity (Wildman–Crippen MR) is 81.0 cm³/mol. The normalized spacial score (nSPS) is 24.5. The Hall–Kier alpha value is -0.920. The monoisotopic (exact) mass is 301 g/mol. The molecule has 1 aliphatic rings. The van der Waals surface area contributed by atoms with E-state index in [-0.39, 0.29) is 4.90 Å². The highest BCUT2D eigenvalue weighted by molar-refractivity contribution is 8.00. The van der Waals surface area contributed by atoms with E-state index in [2.05, 4.69) is 18.7 Å². The summed E-state index contributed by atoms with van der Waals surface area (Å²) in [6.45, 7) is 5.89. The predicted octanol–water partition coefficient (Wildman–Crippen LogP) is 1.25. The van der Waals surface area contributed by atoms with Crippen LogP contribution in [0.4, 0.5) is 11.4 Å². The Morgan fingerprint density at radius 3 is 2.37 bits per heavy atom. The van der Waals surface area contributed by atoms with Gasteiger partial charge in [-0.25, -0.2) is 13.6 Å². The minimum atomic E-state index is -3.77. The van der Waals surface area contributed by atoms with Crippen molar-refractivity contribution in [3.8, 4) is 0 Å². The van der Waals surface area contributed by atoms with Crippen molar-refractivity contribution >= 4 is 33.2 Å². The lowest BCUT2D eigenvalue weighted by Gasteiger charge is -2.37. The fourth-order valence-electron chi connectivity index (χ4n) is 2.39. The molecule has 5 nitrogen and oxygen atoms in total. The second kappa shape index (κ2) is 5.22. The topological polar surface area (TPSA) is 89.4 Å². The summed E-state index contributed by atoms with van der Waals surface area (Å²) in [5.74, 6) is 0. The zero-order valence-corrected chi connectivity index (χ0v) is 12.7. The molecule has 1 aromatic carbocycles. The molecule has 2 rings (SSSR count). The maximum absolute atomic E-state index is 11.7. The van der Waals surface area contributed by atoms with Crippen molar-refractivity contribution < 1.29 is 8.42 Å². The van der Waals surface area contributed by atoms with Crippen LogP contribution in [0.1, 0.15) is 13.8 Å². The van der Waals surface area contributed by atoms with Gasteiger partial charge in [-0.05, 0) is 18.2 Å². The zero-order valence-electron chi connectivity index (χ0n) is 11.0. The molecule has 7 heteroatoms. The molecule has 1 aliphatic heterocycles. The Kier molecular flexibility index (Phi) is 3.98. The molecule has 0 amide bonds. The second-order valence-electron chi connectivity index (χ2n) is 4.93. The van der Waals surface area contributed by atoms with E-state index in [0.717, 1.165) is 13.1 Å². The molecule has 2 atom stereocenters. The Bertz CT molecular complexity index is 564. The molecule has 0 aromatic heterocycles. The maximum atomic E-state index is 11.7. The van der Waals surface area contributed by atoms with Crippen molar-refractivity contribution in [1.82, 2.24) is 0 Å². The van der Waals surface area contributed by atoms with Gasteiger partial charge in [0.25, 0.3) is 0 Å². The molecule has 19 heavy (non-hydrogen) atoms. The number of nitrogens with two attached hydrogens (primary N) is 2. The fraction of sp³-hybridized carbons (Fsp3) is 0.500. The van der Waals surface area contributed by atoms with Gasteiger partial charge in [0.2, 0.25) is 10.0 Å². The lowest BCUT2D eigenvalue weighted by molar-refractivity contribution is 0.597. The van der Waals surface area contributed by atoms with Crippen molar-refractivity contribution in [3.05, 3.63) is 18.2 Å². The third kappa shape index (κ3) is 3.34. The van der Waals surface area contributed by atoms with E-state index in [9.17, 15) is 8.42 Å². The molecular weight excluding hydrogens is 282 g/mol. The highest BCUT2D eigenvalue weighted by atomic mass is 32.2. The van der Waals surface area contributed by atoms with Crippen LogP contribution in [0.2, 0.25) is 0 Å². The minimum absolute atomic E-state index is 0.110. The molecule has 0 aliphatic carbocycles. The van der Waals surface area contributed by atoms with E-state index in [0.29, 0.717) is 21.9 Å². The lowest BCUT2D eigenvalue weighted by Crippen LogP contribution is -2.41. The van der Waals surface area contributed by atoms with Crippen LogP contribution < -0.4 is 15.8 Å². The summed E-state index contributed by atoms with van der Waals surface area (Å²) in [4.78, 5) is 2.18. The SMILES string of the molecule is CC1CN(c2ccc(N)cc2S(N)(=O)=O)CC(C)S1. The number of hydrogen-bond acceptors (Lipinski definition) is 5. The highest BCUT2D eigenvalue weighted by Crippen LogP contribution is 2.32. The first-order valence-corrected chi connectivity index (χ1v) is 8.59. The lowest BCUT2D eigenvalue weighted by atomic mass is 10.2. The van der Waals surface area contributed by atoms with Crippen LogP contribution in [0.5, 0.6) is 0 Å². The number of rotatable bonds is 2. The molecule has 0 bridgehead atoms. The number of nitrogens with zero attached hydrogens (tertiary/aromatic N) is 1. The van der Waals surface area contributed by atoms with Crippen molar-refractivity contribution in [1.29, 1.82) is 0 Å². The quantitative estimate of drug-likeness (QED) is 0.802. The van der Waals surface area contributed by atoms with E-state index in [1.807, 2.05) is 11.8 Å². The summed E-state index contributed by atoms with van der Waals surface area (Å²) in [6, 6.07) is 4.88. The molecule has 1 fully saturated rings. The van der Waals surface area contributed by atoms with E-state index < -0.39 is 10.0 Å². The fourth-order valence-corrected chi connectivity index (χ4v) is 4.51. The Morgan fingerprint density at radius 2 is 1.84 bits per heavy atom. The van der Waals surface area contributed by atoms with Crippen LogP contribution in [-0.2, 0) is 10.0 Å². The third-order valence-corrected chi connectivity index (χ3v) is 5.22. The van der Waals surface area contributed by atoms with Crippen molar-refractivity contribution in [2.45, 2.75) is 29.2 Å². The van der Waals surface area contributed by atoms with Gasteiger partial charge in [0, 0.05) is 29.3 Å². The summed E-state index contributed by atoms with van der Waals surface area (Å²) in [7, 11) is -3.77. The summed E-state index contributed by atoms with van der Waals surface area (Å²) in [6.07, 6.45) is 0. The molecule has 1 saturated heterocycles. The van der Waals surface area contributed by atoms with Crippen LogP contribution in [0.25, 0.3) is 0 Å². The maximum Gasteiger partial charge on any atom is 0.240 e. The van der Waals surface area contributed by atoms with Gasteiger partial charge in [0.1, 0.15) is 4.90 Å². The summed E-state index contributed by atoms with van der Waals surface area (Å²) < 4.78 is 23.4. The van der Waals surface area contributed by atoms with E-state index in [4.69, 9.17) is 10.9 Å². The van der Waals surface area contributed by atoms with Crippen LogP contribution in [0.3, 0.4) is 0 Å². The van der Waals surface area contributed by atoms with E-state index in [1.54, 1.807) is 12.1 Å². The molecule has 0 saturated carbocycles. The number of hydrogen-bond donors (Lipinski definition) is 2. The standard InChI is InChI=1S/C12H19N3O2S2/c1-8-6-15(7-9(2)18-8)11-4-3-10(13)5-12(11)19(14,16)17/h3-5,8-9H,6-7,13H2,1-2H3,(H2,14,16,17). The number of benzene rings is 1. The molecule has 0 spiro atoms. The average Bonchev–Trinajstić information content (AvgIpc) is 2.26. The van der Waals surface area contributed by atoms with Crippen LogP contribution in [0.15, 0.2) is 23.1 Å². The first-order chi connectivity index (χ1) is 8.77. The molecule has 106 valence electrons. The largest absolute Gasteiger partial charge is 0.399 e. The van der Waals surface area contributed by atoms with Crippen molar-refractivity contribution in [3.63, 3.8) is 0 Å². The Labute approximate surface area is 118 Å². The van der Waals surface area contributed by atoms with Crippen LogP contribution >= 0.6 is 11.8 Å². The number of primary sulfonamides is 1. The van der Waals surface area contributed by atoms with E-state index >= 15 is 0 Å². The van der Waals surface area contributed by atoms with Gasteiger partial charge in [-0.3, -0.25) is 0 Å². The molecule has 0 radical (unpaired) electrons. The molecule has 4 N–H and O–H groups in total. The third-order valence-electron chi connectivity index (χ3n) is 3.05. The van der Waals surface area contributed by atoms with Gasteiger partial charge in [0.05, 0.1) is 5.69 Å². The van der Waals surface area contributed by atoms with Gasteiger partial charge >= 0.3 is 0 Å². The number of thioether (sulfide) groups is 1. The summed E-state index contributed by atoms with van der Waals surface area (Å²) >= 11 is 1.91. The molecule has 1 aromatic rings. The summed E-state index contributed by atoms with van der Waals surface area (Å²) in [5.41, 5.74) is 6.72. The van der Waals surface area contributed by atoms with Gasteiger partial charge in [0.15, 0.2) is 0 Å². The van der Waals surface area contributed by atoms with Gasteiger partial charge < -0.3 is 10.6 Å². The first kappa shape index (κ1) is 14.5. The number of sulfonamides is 1. The van der Waals surface area contributed by atoms with Crippen molar-refractivity contribution in [2.24, 2.45) is 5.14 Å². The van der Waals surface area contributed by atoms with Crippen LogP contribution in [0, 0.1) is 0 Å². The molecular formula is C12H19N3O2S2. The van der Waals surface area contributed by atoms with Gasteiger partial charge in [-0.2, -0.15) is 11.8 Å². The summed E-state index contributed by atoms with van der Waals surface area (Å²) in [5, 5.41) is 6.19. The number of anilines is 2. The zero-order chi connectivity index (χ0) is 14.2.